The lowest BCUT2D eigenvalue weighted by Gasteiger charge is -2.37. The van der Waals surface area contributed by atoms with Crippen LogP contribution in [0.1, 0.15) is 65.2 Å². The highest BCUT2D eigenvalue weighted by molar-refractivity contribution is 5.77. The van der Waals surface area contributed by atoms with Crippen molar-refractivity contribution in [2.45, 2.75) is 71.3 Å². The van der Waals surface area contributed by atoms with Crippen molar-refractivity contribution < 1.29 is 4.79 Å². The first kappa shape index (κ1) is 14.8. The Bertz CT molecular complexity index is 310. The van der Waals surface area contributed by atoms with Gasteiger partial charge in [-0.3, -0.25) is 4.79 Å². The maximum Gasteiger partial charge on any atom is 0.223 e. The molecule has 2 atom stereocenters. The molecule has 3 heteroatoms. The summed E-state index contributed by atoms with van der Waals surface area (Å²) >= 11 is 0. The van der Waals surface area contributed by atoms with Gasteiger partial charge in [-0.25, -0.2) is 0 Å². The highest BCUT2D eigenvalue weighted by Crippen LogP contribution is 2.39. The predicted molar refractivity (Wildman–Crippen MR) is 78.8 cm³/mol. The van der Waals surface area contributed by atoms with Gasteiger partial charge in [0.25, 0.3) is 0 Å². The first-order chi connectivity index (χ1) is 9.10. The van der Waals surface area contributed by atoms with Crippen molar-refractivity contribution in [2.75, 3.05) is 13.1 Å². The molecule has 1 aliphatic carbocycles. The van der Waals surface area contributed by atoms with Crippen molar-refractivity contribution in [3.05, 3.63) is 0 Å². The van der Waals surface area contributed by atoms with Gasteiger partial charge in [0, 0.05) is 19.0 Å². The number of nitrogens with two attached hydrogens (primary N) is 1. The van der Waals surface area contributed by atoms with Crippen LogP contribution in [0.5, 0.6) is 0 Å². The van der Waals surface area contributed by atoms with Gasteiger partial charge in [0.2, 0.25) is 5.91 Å². The fourth-order valence-electron chi connectivity index (χ4n) is 4.02. The highest BCUT2D eigenvalue weighted by Gasteiger charge is 2.38. The van der Waals surface area contributed by atoms with Crippen molar-refractivity contribution in [3.8, 4) is 0 Å². The van der Waals surface area contributed by atoms with Crippen LogP contribution in [0.2, 0.25) is 0 Å². The lowest BCUT2D eigenvalue weighted by Crippen LogP contribution is -2.42. The average molecular weight is 266 g/mol. The molecular formula is C16H30N2O. The van der Waals surface area contributed by atoms with Crippen LogP contribution in [-0.2, 0) is 4.79 Å². The molecule has 1 saturated carbocycles. The van der Waals surface area contributed by atoms with E-state index in [0.717, 1.165) is 25.8 Å². The summed E-state index contributed by atoms with van der Waals surface area (Å²) in [5, 5.41) is 0. The summed E-state index contributed by atoms with van der Waals surface area (Å²) in [7, 11) is 0. The summed E-state index contributed by atoms with van der Waals surface area (Å²) < 4.78 is 0. The van der Waals surface area contributed by atoms with E-state index in [4.69, 9.17) is 5.73 Å². The van der Waals surface area contributed by atoms with Crippen molar-refractivity contribution in [1.82, 2.24) is 4.90 Å². The largest absolute Gasteiger partial charge is 0.339 e. The Balaban J connectivity index is 1.99. The number of amides is 1. The van der Waals surface area contributed by atoms with Crippen molar-refractivity contribution >= 4 is 5.91 Å². The minimum Gasteiger partial charge on any atom is -0.339 e. The Hall–Kier alpha value is -0.570. The van der Waals surface area contributed by atoms with E-state index in [9.17, 15) is 4.79 Å². The summed E-state index contributed by atoms with van der Waals surface area (Å²) in [6.45, 7) is 6.09. The zero-order chi connectivity index (χ0) is 13.9. The van der Waals surface area contributed by atoms with Crippen LogP contribution in [0.15, 0.2) is 0 Å². The van der Waals surface area contributed by atoms with E-state index in [1.807, 2.05) is 0 Å². The number of likely N-dealkylation sites (tertiary alicyclic amines) is 1. The Morgan fingerprint density at radius 1 is 1.32 bits per heavy atom. The molecule has 0 aromatic heterocycles. The number of hydrogen-bond acceptors (Lipinski definition) is 2. The summed E-state index contributed by atoms with van der Waals surface area (Å²) in [4.78, 5) is 14.8. The monoisotopic (exact) mass is 266 g/mol. The molecule has 2 N–H and O–H groups in total. The van der Waals surface area contributed by atoms with Gasteiger partial charge in [0.1, 0.15) is 0 Å². The van der Waals surface area contributed by atoms with Gasteiger partial charge >= 0.3 is 0 Å². The Kier molecular flexibility index (Phi) is 4.88. The topological polar surface area (TPSA) is 46.3 Å². The molecule has 0 aromatic carbocycles. The first-order valence-corrected chi connectivity index (χ1v) is 8.10. The van der Waals surface area contributed by atoms with E-state index in [1.165, 1.54) is 25.7 Å². The zero-order valence-electron chi connectivity index (χ0n) is 12.7. The summed E-state index contributed by atoms with van der Waals surface area (Å²) in [6.07, 6.45) is 9.06. The van der Waals surface area contributed by atoms with E-state index in [0.29, 0.717) is 30.8 Å². The zero-order valence-corrected chi connectivity index (χ0v) is 12.7. The second-order valence-corrected chi connectivity index (χ2v) is 6.89. The molecule has 2 aliphatic rings. The number of rotatable bonds is 4. The van der Waals surface area contributed by atoms with Crippen LogP contribution in [0.4, 0.5) is 0 Å². The SMILES string of the molecule is CCC1CC(C)CN1C(=O)CC1(CN)CCCCC1. The normalized spacial score (nSPS) is 30.6. The molecule has 2 rings (SSSR count). The van der Waals surface area contributed by atoms with Crippen LogP contribution in [0, 0.1) is 11.3 Å². The fraction of sp³-hybridized carbons (Fsp3) is 0.938. The second-order valence-electron chi connectivity index (χ2n) is 6.89. The lowest BCUT2D eigenvalue weighted by molar-refractivity contribution is -0.135. The maximum absolute atomic E-state index is 12.7. The van der Waals surface area contributed by atoms with E-state index in [-0.39, 0.29) is 5.41 Å². The van der Waals surface area contributed by atoms with E-state index < -0.39 is 0 Å². The highest BCUT2D eigenvalue weighted by atomic mass is 16.2. The molecule has 0 radical (unpaired) electrons. The molecule has 1 aliphatic heterocycles. The molecule has 1 saturated heterocycles. The minimum atomic E-state index is 0.111. The Morgan fingerprint density at radius 2 is 2.00 bits per heavy atom. The van der Waals surface area contributed by atoms with Gasteiger partial charge in [0.05, 0.1) is 0 Å². The molecule has 2 unspecified atom stereocenters. The summed E-state index contributed by atoms with van der Waals surface area (Å²) in [5.41, 5.74) is 6.12. The van der Waals surface area contributed by atoms with Gasteiger partial charge < -0.3 is 10.6 Å². The van der Waals surface area contributed by atoms with Crippen molar-refractivity contribution in [1.29, 1.82) is 0 Å². The lowest BCUT2D eigenvalue weighted by atomic mass is 9.71. The molecule has 2 fully saturated rings. The fourth-order valence-corrected chi connectivity index (χ4v) is 4.02. The first-order valence-electron chi connectivity index (χ1n) is 8.10. The standard InChI is InChI=1S/C16H30N2O/c1-3-14-9-13(2)11-18(14)15(19)10-16(12-17)7-5-4-6-8-16/h13-14H,3-12,17H2,1-2H3. The van der Waals surface area contributed by atoms with Gasteiger partial charge in [-0.05, 0) is 43.6 Å². The maximum atomic E-state index is 12.7. The Morgan fingerprint density at radius 3 is 2.58 bits per heavy atom. The molecular weight excluding hydrogens is 236 g/mol. The molecule has 19 heavy (non-hydrogen) atoms. The third-order valence-electron chi connectivity index (χ3n) is 5.29. The summed E-state index contributed by atoms with van der Waals surface area (Å²) in [6, 6.07) is 0.473. The number of hydrogen-bond donors (Lipinski definition) is 1. The van der Waals surface area contributed by atoms with Crippen LogP contribution in [0.25, 0.3) is 0 Å². The molecule has 1 heterocycles. The smallest absolute Gasteiger partial charge is 0.223 e. The van der Waals surface area contributed by atoms with Crippen LogP contribution in [0.3, 0.4) is 0 Å². The van der Waals surface area contributed by atoms with Crippen LogP contribution in [-0.4, -0.2) is 29.9 Å². The second kappa shape index (κ2) is 6.25. The van der Waals surface area contributed by atoms with Gasteiger partial charge in [-0.1, -0.05) is 33.1 Å². The molecule has 110 valence electrons. The molecule has 0 bridgehead atoms. The number of carbonyl (C=O) groups excluding carboxylic acids is 1. The Labute approximate surface area is 117 Å². The van der Waals surface area contributed by atoms with Gasteiger partial charge in [-0.15, -0.1) is 0 Å². The van der Waals surface area contributed by atoms with E-state index >= 15 is 0 Å². The third kappa shape index (κ3) is 3.31. The quantitative estimate of drug-likeness (QED) is 0.850. The number of nitrogens with zero attached hydrogens (tertiary/aromatic N) is 1. The molecule has 0 aromatic rings. The van der Waals surface area contributed by atoms with Gasteiger partial charge in [-0.2, -0.15) is 0 Å². The summed E-state index contributed by atoms with van der Waals surface area (Å²) in [5.74, 6) is 1.03. The van der Waals surface area contributed by atoms with E-state index in [2.05, 4.69) is 18.7 Å². The predicted octanol–water partition coefficient (Wildman–Crippen LogP) is 2.93. The van der Waals surface area contributed by atoms with Crippen LogP contribution >= 0.6 is 0 Å². The van der Waals surface area contributed by atoms with Gasteiger partial charge in [0.15, 0.2) is 0 Å². The van der Waals surface area contributed by atoms with Crippen LogP contribution < -0.4 is 5.73 Å². The third-order valence-corrected chi connectivity index (χ3v) is 5.29. The van der Waals surface area contributed by atoms with Crippen molar-refractivity contribution in [3.63, 3.8) is 0 Å². The average Bonchev–Trinajstić information content (AvgIpc) is 2.81. The minimum absolute atomic E-state index is 0.111. The molecule has 0 spiro atoms. The molecule has 3 nitrogen and oxygen atoms in total. The molecule has 1 amide bonds. The number of carbonyl (C=O) groups is 1. The van der Waals surface area contributed by atoms with Crippen molar-refractivity contribution in [2.24, 2.45) is 17.1 Å². The van der Waals surface area contributed by atoms with E-state index in [1.54, 1.807) is 0 Å².